The number of rotatable bonds is 4. The summed E-state index contributed by atoms with van der Waals surface area (Å²) in [5, 5.41) is 14.3. The molecule has 1 N–H and O–H groups in total. The average Bonchev–Trinajstić information content (AvgIpc) is 2.58. The molecule has 6 heteroatoms. The number of carbonyl (C=O) groups is 1. The van der Waals surface area contributed by atoms with E-state index in [1.54, 1.807) is 12.1 Å². The zero-order valence-corrected chi connectivity index (χ0v) is 11.6. The van der Waals surface area contributed by atoms with Crippen LogP contribution in [-0.2, 0) is 11.2 Å². The van der Waals surface area contributed by atoms with Gasteiger partial charge in [0.05, 0.1) is 17.1 Å². The van der Waals surface area contributed by atoms with Gasteiger partial charge in [0.2, 0.25) is 0 Å². The second kappa shape index (κ2) is 5.90. The summed E-state index contributed by atoms with van der Waals surface area (Å²) in [5.74, 6) is 0.239. The number of nitro benzene ring substituents is 1. The molecule has 0 saturated carbocycles. The van der Waals surface area contributed by atoms with Crippen LogP contribution < -0.4 is 10.1 Å². The van der Waals surface area contributed by atoms with Gasteiger partial charge >= 0.3 is 5.69 Å². The molecule has 0 aromatic heterocycles. The van der Waals surface area contributed by atoms with Crippen molar-refractivity contribution < 1.29 is 14.5 Å². The number of nitrogens with one attached hydrogen (secondary N) is 1. The Hall–Kier alpha value is -2.11. The fourth-order valence-electron chi connectivity index (χ4n) is 2.33. The van der Waals surface area contributed by atoms with Crippen molar-refractivity contribution in [2.75, 3.05) is 5.32 Å². The first-order valence-electron chi connectivity index (χ1n) is 6.71. The number of nitrogens with zero attached hydrogens (tertiary/aromatic N) is 1. The smallest absolute Gasteiger partial charge is 0.311 e. The van der Waals surface area contributed by atoms with Gasteiger partial charge in [-0.2, -0.15) is 0 Å². The van der Waals surface area contributed by atoms with Gasteiger partial charge in [-0.05, 0) is 38.7 Å². The van der Waals surface area contributed by atoms with Crippen LogP contribution in [0, 0.1) is 10.1 Å². The maximum Gasteiger partial charge on any atom is 0.311 e. The summed E-state index contributed by atoms with van der Waals surface area (Å²) < 4.78 is 5.51. The molecular formula is C14H18N2O4. The molecule has 1 aliphatic rings. The van der Waals surface area contributed by atoms with Crippen LogP contribution in [0.5, 0.6) is 5.75 Å². The Balaban J connectivity index is 2.44. The monoisotopic (exact) mass is 278 g/mol. The predicted octanol–water partition coefficient (Wildman–Crippen LogP) is 2.70. The lowest BCUT2D eigenvalue weighted by Gasteiger charge is -2.15. The predicted molar refractivity (Wildman–Crippen MR) is 75.3 cm³/mol. The summed E-state index contributed by atoms with van der Waals surface area (Å²) >= 11 is 0. The van der Waals surface area contributed by atoms with Crippen molar-refractivity contribution in [2.45, 2.75) is 45.3 Å². The van der Waals surface area contributed by atoms with Crippen LogP contribution in [0.25, 0.3) is 0 Å². The molecule has 0 spiro atoms. The number of hydrogen-bond donors (Lipinski definition) is 1. The van der Waals surface area contributed by atoms with Crippen molar-refractivity contribution >= 4 is 17.7 Å². The number of nitro groups is 1. The number of carbonyl (C=O) groups excluding carboxylic acids is 1. The van der Waals surface area contributed by atoms with E-state index in [9.17, 15) is 14.9 Å². The zero-order chi connectivity index (χ0) is 14.7. The molecule has 2 rings (SSSR count). The lowest BCUT2D eigenvalue weighted by atomic mass is 10.1. The highest BCUT2D eigenvalue weighted by molar-refractivity contribution is 5.70. The number of fused-ring (bicyclic) bond motifs is 1. The van der Waals surface area contributed by atoms with Gasteiger partial charge in [0.15, 0.2) is 5.75 Å². The Bertz CT molecular complexity index is 528. The van der Waals surface area contributed by atoms with Gasteiger partial charge in [-0.3, -0.25) is 10.1 Å². The van der Waals surface area contributed by atoms with E-state index in [4.69, 9.17) is 4.74 Å². The summed E-state index contributed by atoms with van der Waals surface area (Å²) in [5.41, 5.74) is 1.59. The maximum atomic E-state index is 11.1. The second-order valence-electron chi connectivity index (χ2n) is 5.18. The van der Waals surface area contributed by atoms with Crippen LogP contribution in [-0.4, -0.2) is 23.4 Å². The molecule has 0 bridgehead atoms. The molecule has 1 aliphatic heterocycles. The number of ether oxygens (including phenoxy) is 1. The molecule has 0 saturated heterocycles. The first-order valence-corrected chi connectivity index (χ1v) is 6.71. The highest BCUT2D eigenvalue weighted by atomic mass is 16.6. The van der Waals surface area contributed by atoms with E-state index in [1.807, 2.05) is 13.8 Å². The number of hydrogen-bond acceptors (Lipinski definition) is 5. The van der Waals surface area contributed by atoms with E-state index in [-0.39, 0.29) is 23.6 Å². The molecule has 0 aliphatic carbocycles. The molecule has 1 aromatic rings. The molecule has 108 valence electrons. The lowest BCUT2D eigenvalue weighted by molar-refractivity contribution is -0.386. The fourth-order valence-corrected chi connectivity index (χ4v) is 2.33. The minimum absolute atomic E-state index is 0.0243. The van der Waals surface area contributed by atoms with Crippen LogP contribution in [0.2, 0.25) is 0 Å². The minimum atomic E-state index is -0.430. The van der Waals surface area contributed by atoms with Gasteiger partial charge in [0.25, 0.3) is 0 Å². The Morgan fingerprint density at radius 1 is 1.50 bits per heavy atom. The molecule has 0 fully saturated rings. The number of benzene rings is 1. The minimum Gasteiger partial charge on any atom is -0.484 e. The molecule has 0 radical (unpaired) electrons. The Morgan fingerprint density at radius 2 is 2.25 bits per heavy atom. The Kier molecular flexibility index (Phi) is 4.22. The summed E-state index contributed by atoms with van der Waals surface area (Å²) in [6.07, 6.45) is 2.99. The quantitative estimate of drug-likeness (QED) is 0.520. The molecular weight excluding hydrogens is 260 g/mol. The maximum absolute atomic E-state index is 11.1. The lowest BCUT2D eigenvalue weighted by Crippen LogP contribution is -2.19. The van der Waals surface area contributed by atoms with Gasteiger partial charge in [-0.15, -0.1) is 0 Å². The third-order valence-corrected chi connectivity index (χ3v) is 3.21. The highest BCUT2D eigenvalue weighted by Crippen LogP contribution is 2.36. The van der Waals surface area contributed by atoms with Gasteiger partial charge in [0.1, 0.15) is 6.29 Å². The van der Waals surface area contributed by atoms with Gasteiger partial charge in [0, 0.05) is 17.8 Å². The van der Waals surface area contributed by atoms with Crippen LogP contribution in [0.1, 0.15) is 32.3 Å². The first-order chi connectivity index (χ1) is 9.51. The molecule has 1 heterocycles. The van der Waals surface area contributed by atoms with Crippen molar-refractivity contribution in [3.63, 3.8) is 0 Å². The van der Waals surface area contributed by atoms with E-state index in [1.165, 1.54) is 0 Å². The van der Waals surface area contributed by atoms with Crippen LogP contribution >= 0.6 is 0 Å². The van der Waals surface area contributed by atoms with E-state index in [2.05, 4.69) is 5.32 Å². The molecule has 1 atom stereocenters. The molecule has 1 aromatic carbocycles. The van der Waals surface area contributed by atoms with Crippen LogP contribution in [0.4, 0.5) is 11.4 Å². The van der Waals surface area contributed by atoms with Gasteiger partial charge in [-0.25, -0.2) is 0 Å². The van der Waals surface area contributed by atoms with E-state index < -0.39 is 4.92 Å². The molecule has 6 nitrogen and oxygen atoms in total. The topological polar surface area (TPSA) is 81.5 Å². The van der Waals surface area contributed by atoms with Crippen molar-refractivity contribution in [3.8, 4) is 5.75 Å². The number of aldehydes is 1. The number of aryl methyl sites for hydroxylation is 1. The first kappa shape index (κ1) is 14.3. The van der Waals surface area contributed by atoms with Crippen molar-refractivity contribution in [2.24, 2.45) is 0 Å². The fraction of sp³-hybridized carbons (Fsp3) is 0.500. The van der Waals surface area contributed by atoms with E-state index in [0.717, 1.165) is 36.8 Å². The Labute approximate surface area is 117 Å². The summed E-state index contributed by atoms with van der Waals surface area (Å²) in [7, 11) is 0. The van der Waals surface area contributed by atoms with E-state index in [0.29, 0.717) is 0 Å². The highest BCUT2D eigenvalue weighted by Gasteiger charge is 2.23. The summed E-state index contributed by atoms with van der Waals surface area (Å²) in [6.45, 7) is 3.63. The second-order valence-corrected chi connectivity index (χ2v) is 5.18. The molecule has 1 unspecified atom stereocenters. The molecule has 0 amide bonds. The van der Waals surface area contributed by atoms with E-state index >= 15 is 0 Å². The standard InChI is InChI=1S/C14H18N2O4/c1-9(2)20-14-7-12-10(6-13(14)16(18)19)4-3-5-11(8-17)15-12/h6-9,11,15H,3-5H2,1-2H3. The van der Waals surface area contributed by atoms with Gasteiger partial charge in [-0.1, -0.05) is 0 Å². The normalized spacial score (nSPS) is 17.9. The van der Waals surface area contributed by atoms with Crippen molar-refractivity contribution in [3.05, 3.63) is 27.8 Å². The Morgan fingerprint density at radius 3 is 2.85 bits per heavy atom. The average molecular weight is 278 g/mol. The van der Waals surface area contributed by atoms with Crippen molar-refractivity contribution in [1.29, 1.82) is 0 Å². The SMILES string of the molecule is CC(C)Oc1cc2c(cc1[N+](=O)[O-])CCCC(C=O)N2. The summed E-state index contributed by atoms with van der Waals surface area (Å²) in [4.78, 5) is 21.7. The largest absolute Gasteiger partial charge is 0.484 e. The van der Waals surface area contributed by atoms with Crippen LogP contribution in [0.15, 0.2) is 12.1 Å². The van der Waals surface area contributed by atoms with Crippen molar-refractivity contribution in [1.82, 2.24) is 0 Å². The van der Waals surface area contributed by atoms with Crippen LogP contribution in [0.3, 0.4) is 0 Å². The summed E-state index contributed by atoms with van der Waals surface area (Å²) in [6, 6.07) is 2.94. The zero-order valence-electron chi connectivity index (χ0n) is 11.6. The molecule has 20 heavy (non-hydrogen) atoms. The number of anilines is 1. The third kappa shape index (κ3) is 3.07. The third-order valence-electron chi connectivity index (χ3n) is 3.21. The van der Waals surface area contributed by atoms with Gasteiger partial charge < -0.3 is 14.8 Å².